The third-order valence-corrected chi connectivity index (χ3v) is 5.35. The summed E-state index contributed by atoms with van der Waals surface area (Å²) in [5.41, 5.74) is 8.92. The van der Waals surface area contributed by atoms with Crippen molar-refractivity contribution < 1.29 is 14.3 Å². The molecular weight excluding hydrogens is 370 g/mol. The first-order valence-corrected chi connectivity index (χ1v) is 9.59. The summed E-state index contributed by atoms with van der Waals surface area (Å²) in [7, 11) is 1.58. The Morgan fingerprint density at radius 2 is 1.93 bits per heavy atom. The van der Waals surface area contributed by atoms with E-state index in [0.717, 1.165) is 11.3 Å². The number of aromatic nitrogens is 3. The molecule has 3 aromatic rings. The summed E-state index contributed by atoms with van der Waals surface area (Å²) < 4.78 is 7.03. The molecule has 0 atom stereocenters. The Kier molecular flexibility index (Phi) is 5.26. The molecular formula is C21H23N5O3. The Bertz CT molecular complexity index is 1040. The molecule has 2 N–H and O–H groups in total. The van der Waals surface area contributed by atoms with E-state index >= 15 is 0 Å². The van der Waals surface area contributed by atoms with Gasteiger partial charge in [-0.25, -0.2) is 9.50 Å². The van der Waals surface area contributed by atoms with Crippen molar-refractivity contribution in [3.8, 4) is 11.3 Å². The van der Waals surface area contributed by atoms with Gasteiger partial charge in [-0.1, -0.05) is 30.3 Å². The van der Waals surface area contributed by atoms with Gasteiger partial charge >= 0.3 is 0 Å². The standard InChI is InChI=1S/C21H23N5O3/c1-29-13-18-16(21(28)25-9-7-15(8-10-25)20(22)27)12-23-19-11-17(24-26(18)19)14-5-3-2-4-6-14/h2-6,11-12,15H,7-10,13H2,1H3,(H2,22,27). The van der Waals surface area contributed by atoms with E-state index in [9.17, 15) is 9.59 Å². The lowest BCUT2D eigenvalue weighted by atomic mass is 9.96. The number of ether oxygens (including phenoxy) is 1. The number of carbonyl (C=O) groups excluding carboxylic acids is 2. The maximum absolute atomic E-state index is 13.2. The number of fused-ring (bicyclic) bond motifs is 1. The zero-order valence-corrected chi connectivity index (χ0v) is 16.2. The summed E-state index contributed by atoms with van der Waals surface area (Å²) >= 11 is 0. The highest BCUT2D eigenvalue weighted by atomic mass is 16.5. The van der Waals surface area contributed by atoms with Gasteiger partial charge < -0.3 is 15.4 Å². The Balaban J connectivity index is 1.68. The molecule has 4 rings (SSSR count). The molecule has 0 aliphatic carbocycles. The highest BCUT2D eigenvalue weighted by Gasteiger charge is 2.28. The number of piperidine rings is 1. The van der Waals surface area contributed by atoms with Crippen molar-refractivity contribution in [2.75, 3.05) is 20.2 Å². The third-order valence-electron chi connectivity index (χ3n) is 5.35. The monoisotopic (exact) mass is 393 g/mol. The second-order valence-electron chi connectivity index (χ2n) is 7.19. The molecule has 150 valence electrons. The van der Waals surface area contributed by atoms with Gasteiger partial charge in [0.2, 0.25) is 5.91 Å². The van der Waals surface area contributed by atoms with Crippen molar-refractivity contribution in [3.05, 3.63) is 53.9 Å². The smallest absolute Gasteiger partial charge is 0.257 e. The Hall–Kier alpha value is -3.26. The topological polar surface area (TPSA) is 103 Å². The predicted octanol–water partition coefficient (Wildman–Crippen LogP) is 1.88. The molecule has 8 nitrogen and oxygen atoms in total. The number of likely N-dealkylation sites (tertiary alicyclic amines) is 1. The molecule has 29 heavy (non-hydrogen) atoms. The molecule has 1 aliphatic heterocycles. The number of methoxy groups -OCH3 is 1. The van der Waals surface area contributed by atoms with Gasteiger partial charge in [-0.2, -0.15) is 5.10 Å². The van der Waals surface area contributed by atoms with Gasteiger partial charge in [0.1, 0.15) is 0 Å². The highest BCUT2D eigenvalue weighted by molar-refractivity contribution is 5.95. The van der Waals surface area contributed by atoms with E-state index in [-0.39, 0.29) is 24.3 Å². The molecule has 0 unspecified atom stereocenters. The van der Waals surface area contributed by atoms with Crippen molar-refractivity contribution in [2.45, 2.75) is 19.4 Å². The van der Waals surface area contributed by atoms with E-state index in [2.05, 4.69) is 10.1 Å². The van der Waals surface area contributed by atoms with Crippen LogP contribution in [0.5, 0.6) is 0 Å². The average molecular weight is 393 g/mol. The van der Waals surface area contributed by atoms with Gasteiger partial charge in [0.15, 0.2) is 5.65 Å². The normalized spacial score (nSPS) is 15.0. The van der Waals surface area contributed by atoms with Crippen molar-refractivity contribution in [2.24, 2.45) is 11.7 Å². The largest absolute Gasteiger partial charge is 0.378 e. The Labute approximate surface area is 168 Å². The van der Waals surface area contributed by atoms with E-state index in [1.807, 2.05) is 36.4 Å². The fraction of sp³-hybridized carbons (Fsp3) is 0.333. The number of primary amides is 1. The summed E-state index contributed by atoms with van der Waals surface area (Å²) in [5, 5.41) is 4.67. The number of rotatable bonds is 5. The molecule has 0 saturated carbocycles. The minimum absolute atomic E-state index is 0.133. The lowest BCUT2D eigenvalue weighted by Gasteiger charge is -2.31. The summed E-state index contributed by atoms with van der Waals surface area (Å²) in [6.45, 7) is 1.21. The molecule has 8 heteroatoms. The van der Waals surface area contributed by atoms with E-state index in [1.165, 1.54) is 0 Å². The van der Waals surface area contributed by atoms with Crippen LogP contribution in [0.1, 0.15) is 28.9 Å². The molecule has 3 heterocycles. The maximum atomic E-state index is 13.2. The van der Waals surface area contributed by atoms with E-state index < -0.39 is 0 Å². The van der Waals surface area contributed by atoms with Gasteiger partial charge in [-0.05, 0) is 12.8 Å². The summed E-state index contributed by atoms with van der Waals surface area (Å²) in [6.07, 6.45) is 2.75. The van der Waals surface area contributed by atoms with Crippen LogP contribution in [0.15, 0.2) is 42.6 Å². The Morgan fingerprint density at radius 1 is 1.21 bits per heavy atom. The zero-order chi connectivity index (χ0) is 20.4. The SMILES string of the molecule is COCc1c(C(=O)N2CCC(C(N)=O)CC2)cnc2cc(-c3ccccc3)nn12. The number of hydrogen-bond acceptors (Lipinski definition) is 5. The van der Waals surface area contributed by atoms with Gasteiger partial charge in [0.25, 0.3) is 5.91 Å². The van der Waals surface area contributed by atoms with Gasteiger partial charge in [0.05, 0.1) is 23.6 Å². The number of benzene rings is 1. The average Bonchev–Trinajstić information content (AvgIpc) is 3.19. The number of nitrogens with two attached hydrogens (primary N) is 1. The van der Waals surface area contributed by atoms with Gasteiger partial charge in [-0.3, -0.25) is 9.59 Å². The number of amides is 2. The first-order chi connectivity index (χ1) is 14.1. The highest BCUT2D eigenvalue weighted by Crippen LogP contribution is 2.23. The van der Waals surface area contributed by atoms with Crippen LogP contribution in [0.4, 0.5) is 0 Å². The molecule has 2 aromatic heterocycles. The van der Waals surface area contributed by atoms with Gasteiger partial charge in [-0.15, -0.1) is 0 Å². The van der Waals surface area contributed by atoms with Crippen molar-refractivity contribution in [1.82, 2.24) is 19.5 Å². The second kappa shape index (κ2) is 8.00. The first kappa shape index (κ1) is 19.1. The van der Waals surface area contributed by atoms with Crippen LogP contribution in [0.3, 0.4) is 0 Å². The summed E-state index contributed by atoms with van der Waals surface area (Å²) in [5.74, 6) is -0.603. The molecule has 2 amide bonds. The first-order valence-electron chi connectivity index (χ1n) is 9.59. The molecule has 0 radical (unpaired) electrons. The molecule has 1 aromatic carbocycles. The predicted molar refractivity (Wildman–Crippen MR) is 107 cm³/mol. The van der Waals surface area contributed by atoms with Crippen molar-refractivity contribution >= 4 is 17.5 Å². The molecule has 1 aliphatic rings. The number of hydrogen-bond donors (Lipinski definition) is 1. The fourth-order valence-electron chi connectivity index (χ4n) is 3.72. The van der Waals surface area contributed by atoms with Crippen molar-refractivity contribution in [3.63, 3.8) is 0 Å². The molecule has 0 bridgehead atoms. The third kappa shape index (κ3) is 3.71. The second-order valence-corrected chi connectivity index (χ2v) is 7.19. The zero-order valence-electron chi connectivity index (χ0n) is 16.2. The minimum Gasteiger partial charge on any atom is -0.378 e. The molecule has 1 fully saturated rings. The number of carbonyl (C=O) groups is 2. The maximum Gasteiger partial charge on any atom is 0.257 e. The van der Waals surface area contributed by atoms with Crippen LogP contribution in [0.25, 0.3) is 16.9 Å². The molecule has 0 spiro atoms. The van der Waals surface area contributed by atoms with Gasteiger partial charge in [0, 0.05) is 43.9 Å². The van der Waals surface area contributed by atoms with E-state index in [1.54, 1.807) is 22.7 Å². The van der Waals surface area contributed by atoms with Crippen LogP contribution in [-0.4, -0.2) is 51.5 Å². The lowest BCUT2D eigenvalue weighted by Crippen LogP contribution is -2.42. The quantitative estimate of drug-likeness (QED) is 0.713. The summed E-state index contributed by atoms with van der Waals surface area (Å²) in [4.78, 5) is 30.7. The van der Waals surface area contributed by atoms with Crippen LogP contribution in [0.2, 0.25) is 0 Å². The van der Waals surface area contributed by atoms with Crippen LogP contribution < -0.4 is 5.73 Å². The number of nitrogens with zero attached hydrogens (tertiary/aromatic N) is 4. The summed E-state index contributed by atoms with van der Waals surface area (Å²) in [6, 6.07) is 11.7. The van der Waals surface area contributed by atoms with Crippen LogP contribution in [-0.2, 0) is 16.1 Å². The van der Waals surface area contributed by atoms with Crippen molar-refractivity contribution in [1.29, 1.82) is 0 Å². The van der Waals surface area contributed by atoms with Crippen LogP contribution >= 0.6 is 0 Å². The van der Waals surface area contributed by atoms with Crippen LogP contribution in [0, 0.1) is 5.92 Å². The van der Waals surface area contributed by atoms with E-state index in [4.69, 9.17) is 10.5 Å². The lowest BCUT2D eigenvalue weighted by molar-refractivity contribution is -0.123. The minimum atomic E-state index is -0.301. The molecule has 1 saturated heterocycles. The fourth-order valence-corrected chi connectivity index (χ4v) is 3.72. The van der Waals surface area contributed by atoms with E-state index in [0.29, 0.717) is 42.8 Å². The Morgan fingerprint density at radius 3 is 2.59 bits per heavy atom.